The zero-order chi connectivity index (χ0) is 27.1. The molecule has 1 aromatic heterocycles. The van der Waals surface area contributed by atoms with Crippen LogP contribution in [0.2, 0.25) is 0 Å². The highest BCUT2D eigenvalue weighted by Gasteiger charge is 2.50. The number of nitrogens with two attached hydrogens (primary N) is 1. The summed E-state index contributed by atoms with van der Waals surface area (Å²) in [6.07, 6.45) is 0.999. The van der Waals surface area contributed by atoms with Crippen LogP contribution in [-0.4, -0.2) is 58.3 Å². The molecule has 2 heterocycles. The fourth-order valence-electron chi connectivity index (χ4n) is 5.08. The average Bonchev–Trinajstić information content (AvgIpc) is 3.27. The van der Waals surface area contributed by atoms with Gasteiger partial charge in [0.05, 0.1) is 22.8 Å². The van der Waals surface area contributed by atoms with Crippen LogP contribution < -0.4 is 10.5 Å². The van der Waals surface area contributed by atoms with Gasteiger partial charge in [0.15, 0.2) is 18.4 Å². The SMILES string of the molecule is COCOc1cc(-n2ncc3cc(C4(C(N)=O)CCN(C(=O)O)C(C(C)(C)C)C4)ccc32)cc(F)c1F. The lowest BCUT2D eigenvalue weighted by Crippen LogP contribution is -2.59. The smallest absolute Gasteiger partial charge is 0.407 e. The average molecular weight is 517 g/mol. The maximum atomic E-state index is 14.3. The molecule has 1 aliphatic heterocycles. The third kappa shape index (κ3) is 4.71. The van der Waals surface area contributed by atoms with Gasteiger partial charge in [-0.15, -0.1) is 0 Å². The van der Waals surface area contributed by atoms with Crippen molar-refractivity contribution in [2.75, 3.05) is 20.4 Å². The molecule has 3 N–H and O–H groups in total. The molecular formula is C26H30F2N4O5. The van der Waals surface area contributed by atoms with Crippen molar-refractivity contribution in [3.63, 3.8) is 0 Å². The molecule has 1 fully saturated rings. The predicted octanol–water partition coefficient (Wildman–Crippen LogP) is 4.20. The number of nitrogens with zero attached hydrogens (tertiary/aromatic N) is 3. The van der Waals surface area contributed by atoms with Gasteiger partial charge in [0.25, 0.3) is 0 Å². The molecule has 0 aliphatic carbocycles. The Balaban J connectivity index is 1.76. The molecule has 37 heavy (non-hydrogen) atoms. The first-order valence-electron chi connectivity index (χ1n) is 11.8. The van der Waals surface area contributed by atoms with Crippen LogP contribution in [-0.2, 0) is 14.9 Å². The van der Waals surface area contributed by atoms with E-state index in [0.29, 0.717) is 16.5 Å². The Morgan fingerprint density at radius 1 is 1.24 bits per heavy atom. The van der Waals surface area contributed by atoms with E-state index in [4.69, 9.17) is 15.2 Å². The summed E-state index contributed by atoms with van der Waals surface area (Å²) in [5.74, 6) is -3.08. The van der Waals surface area contributed by atoms with E-state index in [0.717, 1.165) is 6.07 Å². The Bertz CT molecular complexity index is 1350. The Kier molecular flexibility index (Phi) is 6.85. The van der Waals surface area contributed by atoms with Gasteiger partial charge >= 0.3 is 6.09 Å². The molecule has 2 atom stereocenters. The number of carbonyl (C=O) groups is 2. The van der Waals surface area contributed by atoms with Crippen LogP contribution in [0.1, 0.15) is 39.2 Å². The van der Waals surface area contributed by atoms with Crippen LogP contribution in [0.4, 0.5) is 13.6 Å². The molecule has 1 aliphatic rings. The lowest BCUT2D eigenvalue weighted by atomic mass is 9.65. The Morgan fingerprint density at radius 2 is 1.97 bits per heavy atom. The van der Waals surface area contributed by atoms with Gasteiger partial charge < -0.3 is 25.2 Å². The first kappa shape index (κ1) is 26.3. The minimum Gasteiger partial charge on any atom is -0.465 e. The number of fused-ring (bicyclic) bond motifs is 1. The number of amides is 2. The molecule has 4 rings (SSSR count). The largest absolute Gasteiger partial charge is 0.465 e. The summed E-state index contributed by atoms with van der Waals surface area (Å²) in [4.78, 5) is 26.2. The molecule has 1 saturated heterocycles. The third-order valence-corrected chi connectivity index (χ3v) is 7.09. The van der Waals surface area contributed by atoms with E-state index < -0.39 is 40.5 Å². The van der Waals surface area contributed by atoms with E-state index in [-0.39, 0.29) is 37.6 Å². The lowest BCUT2D eigenvalue weighted by Gasteiger charge is -2.49. The molecule has 0 spiro atoms. The fourth-order valence-corrected chi connectivity index (χ4v) is 5.08. The molecule has 198 valence electrons. The summed E-state index contributed by atoms with van der Waals surface area (Å²) < 4.78 is 39.8. The number of ether oxygens (including phenoxy) is 2. The van der Waals surface area contributed by atoms with Gasteiger partial charge in [-0.2, -0.15) is 9.49 Å². The highest BCUT2D eigenvalue weighted by atomic mass is 19.2. The molecule has 2 aromatic carbocycles. The first-order valence-corrected chi connectivity index (χ1v) is 11.8. The van der Waals surface area contributed by atoms with Crippen molar-refractivity contribution < 1.29 is 33.0 Å². The second kappa shape index (κ2) is 9.62. The molecule has 0 saturated carbocycles. The predicted molar refractivity (Wildman–Crippen MR) is 132 cm³/mol. The number of rotatable bonds is 6. The number of methoxy groups -OCH3 is 1. The summed E-state index contributed by atoms with van der Waals surface area (Å²) in [7, 11) is 1.37. The van der Waals surface area contributed by atoms with E-state index in [1.54, 1.807) is 24.4 Å². The summed E-state index contributed by atoms with van der Waals surface area (Å²) in [5, 5.41) is 14.7. The highest BCUT2D eigenvalue weighted by molar-refractivity contribution is 5.90. The number of carbonyl (C=O) groups excluding carboxylic acids is 1. The van der Waals surface area contributed by atoms with E-state index in [1.165, 1.54) is 22.8 Å². The fraction of sp³-hybridized carbons (Fsp3) is 0.423. The number of primary amides is 1. The topological polar surface area (TPSA) is 120 Å². The van der Waals surface area contributed by atoms with Crippen molar-refractivity contribution in [1.29, 1.82) is 0 Å². The zero-order valence-corrected chi connectivity index (χ0v) is 21.1. The highest BCUT2D eigenvalue weighted by Crippen LogP contribution is 2.44. The molecular weight excluding hydrogens is 486 g/mol. The normalized spacial score (nSPS) is 20.3. The summed E-state index contributed by atoms with van der Waals surface area (Å²) >= 11 is 0. The number of hydrogen-bond acceptors (Lipinski definition) is 5. The minimum absolute atomic E-state index is 0.163. The van der Waals surface area contributed by atoms with Crippen LogP contribution in [0.5, 0.6) is 5.75 Å². The Hall–Kier alpha value is -3.73. The van der Waals surface area contributed by atoms with Gasteiger partial charge in [-0.1, -0.05) is 26.8 Å². The third-order valence-electron chi connectivity index (χ3n) is 7.09. The molecule has 2 unspecified atom stereocenters. The quantitative estimate of drug-likeness (QED) is 0.474. The molecule has 0 bridgehead atoms. The van der Waals surface area contributed by atoms with Crippen molar-refractivity contribution in [2.45, 2.75) is 45.1 Å². The van der Waals surface area contributed by atoms with Crippen molar-refractivity contribution in [1.82, 2.24) is 14.7 Å². The number of hydrogen-bond donors (Lipinski definition) is 2. The zero-order valence-electron chi connectivity index (χ0n) is 21.1. The second-order valence-corrected chi connectivity index (χ2v) is 10.4. The van der Waals surface area contributed by atoms with Crippen LogP contribution in [0.15, 0.2) is 36.5 Å². The number of halogens is 2. The van der Waals surface area contributed by atoms with Crippen LogP contribution in [0.3, 0.4) is 0 Å². The van der Waals surface area contributed by atoms with Crippen molar-refractivity contribution in [3.05, 3.63) is 53.7 Å². The van der Waals surface area contributed by atoms with Gasteiger partial charge in [0.1, 0.15) is 0 Å². The van der Waals surface area contributed by atoms with E-state index in [1.807, 2.05) is 20.8 Å². The lowest BCUT2D eigenvalue weighted by molar-refractivity contribution is -0.127. The van der Waals surface area contributed by atoms with Gasteiger partial charge in [0.2, 0.25) is 11.7 Å². The molecule has 2 amide bonds. The Labute approximate surface area is 212 Å². The van der Waals surface area contributed by atoms with Crippen LogP contribution in [0.25, 0.3) is 16.6 Å². The Morgan fingerprint density at radius 3 is 2.59 bits per heavy atom. The monoisotopic (exact) mass is 516 g/mol. The number of likely N-dealkylation sites (tertiary alicyclic amines) is 1. The second-order valence-electron chi connectivity index (χ2n) is 10.4. The maximum Gasteiger partial charge on any atom is 0.407 e. The summed E-state index contributed by atoms with van der Waals surface area (Å²) in [6, 6.07) is 7.17. The van der Waals surface area contributed by atoms with Gasteiger partial charge in [-0.3, -0.25) is 4.79 Å². The van der Waals surface area contributed by atoms with Crippen LogP contribution >= 0.6 is 0 Å². The summed E-state index contributed by atoms with van der Waals surface area (Å²) in [5.41, 5.74) is 5.93. The molecule has 11 heteroatoms. The van der Waals surface area contributed by atoms with Crippen molar-refractivity contribution >= 4 is 22.9 Å². The molecule has 0 radical (unpaired) electrons. The van der Waals surface area contributed by atoms with Crippen LogP contribution in [0, 0.1) is 17.0 Å². The number of carboxylic acid groups (broad SMARTS) is 1. The standard InChI is InChI=1S/C26H30F2N4O5/c1-25(2,3)21-12-26(23(29)33,7-8-31(21)24(34)35)16-5-6-19-15(9-16)13-30-32(19)17-10-18(27)22(28)20(11-17)37-14-36-4/h5-6,9-11,13,21H,7-8,12,14H2,1-4H3,(H2,29,33)(H,34,35). The van der Waals surface area contributed by atoms with Crippen molar-refractivity contribution in [3.8, 4) is 11.4 Å². The van der Waals surface area contributed by atoms with Gasteiger partial charge in [-0.25, -0.2) is 13.9 Å². The minimum atomic E-state index is -1.14. The van der Waals surface area contributed by atoms with E-state index in [9.17, 15) is 23.5 Å². The number of aromatic nitrogens is 2. The molecule has 3 aromatic rings. The first-order chi connectivity index (χ1) is 17.4. The maximum absolute atomic E-state index is 14.3. The van der Waals surface area contributed by atoms with E-state index in [2.05, 4.69) is 5.10 Å². The van der Waals surface area contributed by atoms with Gasteiger partial charge in [0, 0.05) is 37.2 Å². The van der Waals surface area contributed by atoms with Crippen molar-refractivity contribution in [2.24, 2.45) is 11.1 Å². The number of benzene rings is 2. The molecule has 9 nitrogen and oxygen atoms in total. The van der Waals surface area contributed by atoms with Gasteiger partial charge in [-0.05, 0) is 36.0 Å². The summed E-state index contributed by atoms with van der Waals surface area (Å²) in [6.45, 7) is 5.71. The number of piperidine rings is 1. The van der Waals surface area contributed by atoms with E-state index >= 15 is 0 Å².